The van der Waals surface area contributed by atoms with Gasteiger partial charge in [0.1, 0.15) is 6.10 Å². The Kier molecular flexibility index (Phi) is 3.98. The molecule has 0 aromatic rings. The first-order valence-electron chi connectivity index (χ1n) is 4.60. The second-order valence-corrected chi connectivity index (χ2v) is 3.39. The summed E-state index contributed by atoms with van der Waals surface area (Å²) in [6, 6.07) is 0. The molecule has 1 aliphatic rings. The summed E-state index contributed by atoms with van der Waals surface area (Å²) in [6.45, 7) is 1.68. The van der Waals surface area contributed by atoms with Crippen LogP contribution in [0.1, 0.15) is 32.6 Å². The summed E-state index contributed by atoms with van der Waals surface area (Å²) in [5.74, 6) is 0. The molecular weight excluding hydrogens is 156 g/mol. The SMILES string of the molecule is COC(OC1CCCC1)C(C)O. The average Bonchev–Trinajstić information content (AvgIpc) is 2.51. The molecule has 72 valence electrons. The summed E-state index contributed by atoms with van der Waals surface area (Å²) in [7, 11) is 1.56. The zero-order valence-electron chi connectivity index (χ0n) is 7.82. The van der Waals surface area contributed by atoms with Crippen LogP contribution in [-0.4, -0.2) is 30.7 Å². The van der Waals surface area contributed by atoms with Gasteiger partial charge in [-0.1, -0.05) is 12.8 Å². The molecule has 1 aliphatic carbocycles. The van der Waals surface area contributed by atoms with E-state index in [4.69, 9.17) is 9.47 Å². The molecule has 0 aliphatic heterocycles. The molecule has 2 atom stereocenters. The Morgan fingerprint density at radius 1 is 1.33 bits per heavy atom. The van der Waals surface area contributed by atoms with E-state index in [9.17, 15) is 5.11 Å². The molecule has 0 radical (unpaired) electrons. The first kappa shape index (κ1) is 9.96. The average molecular weight is 174 g/mol. The minimum absolute atomic E-state index is 0.296. The first-order chi connectivity index (χ1) is 5.74. The van der Waals surface area contributed by atoms with Crippen LogP contribution >= 0.6 is 0 Å². The maximum atomic E-state index is 9.22. The van der Waals surface area contributed by atoms with Crippen LogP contribution in [0.25, 0.3) is 0 Å². The molecule has 0 spiro atoms. The Labute approximate surface area is 73.7 Å². The monoisotopic (exact) mass is 174 g/mol. The van der Waals surface area contributed by atoms with Crippen molar-refractivity contribution in [3.63, 3.8) is 0 Å². The quantitative estimate of drug-likeness (QED) is 0.653. The highest BCUT2D eigenvalue weighted by molar-refractivity contribution is 4.68. The molecule has 3 nitrogen and oxygen atoms in total. The molecule has 1 rings (SSSR count). The molecule has 0 aromatic carbocycles. The van der Waals surface area contributed by atoms with E-state index in [0.717, 1.165) is 12.8 Å². The van der Waals surface area contributed by atoms with Crippen LogP contribution in [-0.2, 0) is 9.47 Å². The molecule has 2 unspecified atom stereocenters. The molecule has 0 saturated heterocycles. The Morgan fingerprint density at radius 3 is 2.33 bits per heavy atom. The first-order valence-corrected chi connectivity index (χ1v) is 4.60. The van der Waals surface area contributed by atoms with Crippen molar-refractivity contribution in [2.24, 2.45) is 0 Å². The van der Waals surface area contributed by atoms with Crippen LogP contribution < -0.4 is 0 Å². The molecule has 1 fully saturated rings. The van der Waals surface area contributed by atoms with Crippen LogP contribution in [0.4, 0.5) is 0 Å². The molecule has 1 N–H and O–H groups in total. The van der Waals surface area contributed by atoms with Crippen molar-refractivity contribution >= 4 is 0 Å². The lowest BCUT2D eigenvalue weighted by molar-refractivity contribution is -0.197. The molecule has 0 amide bonds. The molecule has 3 heteroatoms. The predicted molar refractivity (Wildman–Crippen MR) is 45.8 cm³/mol. The summed E-state index contributed by atoms with van der Waals surface area (Å²) in [4.78, 5) is 0. The lowest BCUT2D eigenvalue weighted by Crippen LogP contribution is -2.31. The van der Waals surface area contributed by atoms with Gasteiger partial charge in [0.05, 0.1) is 6.10 Å². The van der Waals surface area contributed by atoms with Crippen molar-refractivity contribution in [2.75, 3.05) is 7.11 Å². The smallest absolute Gasteiger partial charge is 0.183 e. The number of aliphatic hydroxyl groups excluding tert-OH is 1. The third kappa shape index (κ3) is 2.73. The second-order valence-electron chi connectivity index (χ2n) is 3.39. The number of hydrogen-bond acceptors (Lipinski definition) is 3. The van der Waals surface area contributed by atoms with Gasteiger partial charge in [-0.25, -0.2) is 0 Å². The summed E-state index contributed by atoms with van der Waals surface area (Å²) < 4.78 is 10.6. The molecule has 0 bridgehead atoms. The molecular formula is C9H18O3. The van der Waals surface area contributed by atoms with Gasteiger partial charge in [0.2, 0.25) is 0 Å². The molecule has 0 heterocycles. The van der Waals surface area contributed by atoms with Crippen molar-refractivity contribution < 1.29 is 14.6 Å². The molecule has 12 heavy (non-hydrogen) atoms. The lowest BCUT2D eigenvalue weighted by atomic mass is 10.3. The zero-order chi connectivity index (χ0) is 8.97. The number of ether oxygens (including phenoxy) is 2. The van der Waals surface area contributed by atoms with Crippen LogP contribution in [0.2, 0.25) is 0 Å². The lowest BCUT2D eigenvalue weighted by Gasteiger charge is -2.22. The van der Waals surface area contributed by atoms with E-state index in [1.807, 2.05) is 0 Å². The van der Waals surface area contributed by atoms with Crippen molar-refractivity contribution in [2.45, 2.75) is 51.1 Å². The van der Waals surface area contributed by atoms with Crippen LogP contribution in [0.15, 0.2) is 0 Å². The van der Waals surface area contributed by atoms with E-state index >= 15 is 0 Å². The van der Waals surface area contributed by atoms with Crippen LogP contribution in [0.3, 0.4) is 0 Å². The normalized spacial score (nSPS) is 24.2. The standard InChI is InChI=1S/C9H18O3/c1-7(10)9(11-2)12-8-5-3-4-6-8/h7-10H,3-6H2,1-2H3. The molecule has 0 aromatic heterocycles. The Morgan fingerprint density at radius 2 is 1.92 bits per heavy atom. The number of hydrogen-bond donors (Lipinski definition) is 1. The topological polar surface area (TPSA) is 38.7 Å². The minimum atomic E-state index is -0.546. The highest BCUT2D eigenvalue weighted by Gasteiger charge is 2.22. The second kappa shape index (κ2) is 4.80. The van der Waals surface area contributed by atoms with E-state index < -0.39 is 12.4 Å². The number of methoxy groups -OCH3 is 1. The summed E-state index contributed by atoms with van der Waals surface area (Å²) in [6.07, 6.45) is 3.98. The fourth-order valence-corrected chi connectivity index (χ4v) is 1.58. The third-order valence-corrected chi connectivity index (χ3v) is 2.25. The van der Waals surface area contributed by atoms with Crippen molar-refractivity contribution in [1.29, 1.82) is 0 Å². The fourth-order valence-electron chi connectivity index (χ4n) is 1.58. The van der Waals surface area contributed by atoms with Gasteiger partial charge >= 0.3 is 0 Å². The Hall–Kier alpha value is -0.120. The van der Waals surface area contributed by atoms with Crippen molar-refractivity contribution in [1.82, 2.24) is 0 Å². The van der Waals surface area contributed by atoms with Gasteiger partial charge in [0, 0.05) is 7.11 Å². The summed E-state index contributed by atoms with van der Waals surface area (Å²) in [5.41, 5.74) is 0. The van der Waals surface area contributed by atoms with Crippen molar-refractivity contribution in [3.05, 3.63) is 0 Å². The molecule has 1 saturated carbocycles. The van der Waals surface area contributed by atoms with E-state index in [0.29, 0.717) is 6.10 Å². The van der Waals surface area contributed by atoms with E-state index in [1.165, 1.54) is 12.8 Å². The fraction of sp³-hybridized carbons (Fsp3) is 1.00. The Balaban J connectivity index is 2.26. The van der Waals surface area contributed by atoms with Gasteiger partial charge in [-0.05, 0) is 19.8 Å². The third-order valence-electron chi connectivity index (χ3n) is 2.25. The number of rotatable bonds is 4. The number of aliphatic hydroxyl groups is 1. The highest BCUT2D eigenvalue weighted by atomic mass is 16.7. The Bertz CT molecular complexity index is 119. The van der Waals surface area contributed by atoms with E-state index in [1.54, 1.807) is 14.0 Å². The van der Waals surface area contributed by atoms with Gasteiger partial charge in [0.15, 0.2) is 6.29 Å². The largest absolute Gasteiger partial charge is 0.388 e. The van der Waals surface area contributed by atoms with Crippen molar-refractivity contribution in [3.8, 4) is 0 Å². The van der Waals surface area contributed by atoms with Gasteiger partial charge in [0.25, 0.3) is 0 Å². The van der Waals surface area contributed by atoms with Gasteiger partial charge < -0.3 is 14.6 Å². The van der Waals surface area contributed by atoms with Crippen LogP contribution in [0, 0.1) is 0 Å². The van der Waals surface area contributed by atoms with E-state index in [2.05, 4.69) is 0 Å². The van der Waals surface area contributed by atoms with E-state index in [-0.39, 0.29) is 0 Å². The van der Waals surface area contributed by atoms with Gasteiger partial charge in [-0.3, -0.25) is 0 Å². The van der Waals surface area contributed by atoms with Crippen LogP contribution in [0.5, 0.6) is 0 Å². The highest BCUT2D eigenvalue weighted by Crippen LogP contribution is 2.22. The summed E-state index contributed by atoms with van der Waals surface area (Å²) >= 11 is 0. The maximum Gasteiger partial charge on any atom is 0.183 e. The minimum Gasteiger partial charge on any atom is -0.388 e. The predicted octanol–water partition coefficient (Wildman–Crippen LogP) is 1.30. The maximum absolute atomic E-state index is 9.22. The zero-order valence-corrected chi connectivity index (χ0v) is 7.82. The van der Waals surface area contributed by atoms with Gasteiger partial charge in [-0.2, -0.15) is 0 Å². The summed E-state index contributed by atoms with van der Waals surface area (Å²) in [5, 5.41) is 9.22. The van der Waals surface area contributed by atoms with Gasteiger partial charge in [-0.15, -0.1) is 0 Å².